The summed E-state index contributed by atoms with van der Waals surface area (Å²) in [6.45, 7) is 1.86. The van der Waals surface area contributed by atoms with Crippen LogP contribution in [0.1, 0.15) is 36.2 Å². The fourth-order valence-corrected chi connectivity index (χ4v) is 4.05. The van der Waals surface area contributed by atoms with Crippen LogP contribution < -0.4 is 5.56 Å². The molecule has 1 aliphatic rings. The van der Waals surface area contributed by atoms with Gasteiger partial charge in [-0.15, -0.1) is 11.3 Å². The summed E-state index contributed by atoms with van der Waals surface area (Å²) in [6, 6.07) is -0.596. The molecule has 1 aliphatic carbocycles. The first-order chi connectivity index (χ1) is 9.67. The van der Waals surface area contributed by atoms with Gasteiger partial charge in [-0.05, 0) is 31.2 Å². The lowest BCUT2D eigenvalue weighted by Crippen LogP contribution is -2.30. The van der Waals surface area contributed by atoms with E-state index in [0.717, 1.165) is 29.7 Å². The third kappa shape index (κ3) is 1.86. The Morgan fingerprint density at radius 3 is 3.05 bits per heavy atom. The van der Waals surface area contributed by atoms with Gasteiger partial charge in [0, 0.05) is 4.88 Å². The Labute approximate surface area is 120 Å². The summed E-state index contributed by atoms with van der Waals surface area (Å²) in [5.41, 5.74) is 1.02. The fraction of sp³-hybridized carbons (Fsp3) is 0.500. The number of ether oxygens (including phenoxy) is 1. The van der Waals surface area contributed by atoms with Gasteiger partial charge < -0.3 is 4.74 Å². The third-order valence-corrected chi connectivity index (χ3v) is 5.05. The van der Waals surface area contributed by atoms with Gasteiger partial charge in [0.05, 0.1) is 18.8 Å². The minimum Gasteiger partial charge on any atom is -0.467 e. The number of hydrogen-bond acceptors (Lipinski definition) is 5. The van der Waals surface area contributed by atoms with Crippen LogP contribution in [0.2, 0.25) is 0 Å². The molecule has 0 amide bonds. The van der Waals surface area contributed by atoms with Gasteiger partial charge in [0.2, 0.25) is 0 Å². The SMILES string of the molecule is CC[C@@H](C(=O)OC)n1cnc2sc3c(c2c1=O)CCC3. The lowest BCUT2D eigenvalue weighted by molar-refractivity contribution is -0.144. The van der Waals surface area contributed by atoms with Gasteiger partial charge in [0.1, 0.15) is 10.9 Å². The van der Waals surface area contributed by atoms with Crippen LogP contribution in [0.15, 0.2) is 11.1 Å². The molecule has 0 spiro atoms. The van der Waals surface area contributed by atoms with Crippen molar-refractivity contribution in [3.05, 3.63) is 27.1 Å². The predicted molar refractivity (Wildman–Crippen MR) is 77.2 cm³/mol. The lowest BCUT2D eigenvalue weighted by atomic mass is 10.2. The van der Waals surface area contributed by atoms with E-state index in [2.05, 4.69) is 4.98 Å². The molecule has 0 radical (unpaired) electrons. The second-order valence-electron chi connectivity index (χ2n) is 4.94. The topological polar surface area (TPSA) is 61.2 Å². The quantitative estimate of drug-likeness (QED) is 0.813. The summed E-state index contributed by atoms with van der Waals surface area (Å²) in [4.78, 5) is 30.9. The minimum absolute atomic E-state index is 0.119. The van der Waals surface area contributed by atoms with Crippen LogP contribution in [-0.2, 0) is 22.4 Å². The highest BCUT2D eigenvalue weighted by molar-refractivity contribution is 7.18. The van der Waals surface area contributed by atoms with Gasteiger partial charge in [-0.3, -0.25) is 9.36 Å². The second-order valence-corrected chi connectivity index (χ2v) is 6.03. The molecule has 0 bridgehead atoms. The summed E-state index contributed by atoms with van der Waals surface area (Å²) >= 11 is 1.60. The van der Waals surface area contributed by atoms with E-state index in [1.54, 1.807) is 11.3 Å². The Kier molecular flexibility index (Phi) is 3.33. The van der Waals surface area contributed by atoms with E-state index in [1.165, 1.54) is 22.9 Å². The molecule has 0 N–H and O–H groups in total. The van der Waals surface area contributed by atoms with Crippen LogP contribution in [0.3, 0.4) is 0 Å². The van der Waals surface area contributed by atoms with Crippen LogP contribution in [0, 0.1) is 0 Å². The number of carbonyl (C=O) groups is 1. The molecule has 0 aliphatic heterocycles. The maximum atomic E-state index is 12.7. The Balaban J connectivity index is 2.20. The molecule has 0 aromatic carbocycles. The number of methoxy groups -OCH3 is 1. The van der Waals surface area contributed by atoms with Gasteiger partial charge in [-0.1, -0.05) is 6.92 Å². The molecule has 2 heterocycles. The number of rotatable bonds is 3. The molecule has 2 aromatic rings. The van der Waals surface area contributed by atoms with E-state index in [4.69, 9.17) is 4.74 Å². The largest absolute Gasteiger partial charge is 0.467 e. The molecular weight excluding hydrogens is 276 g/mol. The fourth-order valence-electron chi connectivity index (χ4n) is 2.83. The maximum Gasteiger partial charge on any atom is 0.329 e. The Hall–Kier alpha value is -1.69. The molecule has 6 heteroatoms. The van der Waals surface area contributed by atoms with Crippen molar-refractivity contribution in [2.45, 2.75) is 38.6 Å². The van der Waals surface area contributed by atoms with E-state index in [-0.39, 0.29) is 5.56 Å². The van der Waals surface area contributed by atoms with Crippen molar-refractivity contribution in [3.63, 3.8) is 0 Å². The first kappa shape index (κ1) is 13.3. The number of thiophene rings is 1. The number of aryl methyl sites for hydroxylation is 2. The normalized spacial score (nSPS) is 15.3. The number of hydrogen-bond donors (Lipinski definition) is 0. The smallest absolute Gasteiger partial charge is 0.329 e. The van der Waals surface area contributed by atoms with Gasteiger partial charge in [0.15, 0.2) is 0 Å². The predicted octanol–water partition coefficient (Wildman–Crippen LogP) is 2.07. The lowest BCUT2D eigenvalue weighted by Gasteiger charge is -2.15. The Morgan fingerprint density at radius 2 is 2.35 bits per heavy atom. The van der Waals surface area contributed by atoms with Crippen molar-refractivity contribution < 1.29 is 9.53 Å². The number of carbonyl (C=O) groups excluding carboxylic acids is 1. The van der Waals surface area contributed by atoms with Gasteiger partial charge >= 0.3 is 5.97 Å². The second kappa shape index (κ2) is 5.01. The van der Waals surface area contributed by atoms with Crippen LogP contribution in [0.25, 0.3) is 10.2 Å². The summed E-state index contributed by atoms with van der Waals surface area (Å²) in [7, 11) is 1.34. The highest BCUT2D eigenvalue weighted by Crippen LogP contribution is 2.34. The molecule has 0 unspecified atom stereocenters. The maximum absolute atomic E-state index is 12.7. The van der Waals surface area contributed by atoms with E-state index >= 15 is 0 Å². The zero-order valence-electron chi connectivity index (χ0n) is 11.5. The van der Waals surface area contributed by atoms with E-state index in [9.17, 15) is 9.59 Å². The molecule has 0 saturated heterocycles. The standard InChI is InChI=1S/C14H16N2O3S/c1-3-9(14(18)19-2)16-7-15-12-11(13(16)17)8-5-4-6-10(8)20-12/h7,9H,3-6H2,1-2H3/t9-/m0/s1. The van der Waals surface area contributed by atoms with Crippen molar-refractivity contribution in [1.82, 2.24) is 9.55 Å². The van der Waals surface area contributed by atoms with Crippen molar-refractivity contribution in [2.75, 3.05) is 7.11 Å². The minimum atomic E-state index is -0.596. The first-order valence-electron chi connectivity index (χ1n) is 6.76. The molecule has 0 fully saturated rings. The average molecular weight is 292 g/mol. The Morgan fingerprint density at radius 1 is 1.55 bits per heavy atom. The number of fused-ring (bicyclic) bond motifs is 3. The molecule has 20 heavy (non-hydrogen) atoms. The van der Waals surface area contributed by atoms with Gasteiger partial charge in [-0.25, -0.2) is 9.78 Å². The van der Waals surface area contributed by atoms with Gasteiger partial charge in [0.25, 0.3) is 5.56 Å². The van der Waals surface area contributed by atoms with Crippen molar-refractivity contribution in [3.8, 4) is 0 Å². The summed E-state index contributed by atoms with van der Waals surface area (Å²) < 4.78 is 6.19. The Bertz CT molecular complexity index is 732. The van der Waals surface area contributed by atoms with Crippen molar-refractivity contribution in [2.24, 2.45) is 0 Å². The van der Waals surface area contributed by atoms with E-state index < -0.39 is 12.0 Å². The molecule has 0 saturated carbocycles. The van der Waals surface area contributed by atoms with Crippen molar-refractivity contribution in [1.29, 1.82) is 0 Å². The molecule has 1 atom stereocenters. The average Bonchev–Trinajstić information content (AvgIpc) is 3.01. The molecule has 5 nitrogen and oxygen atoms in total. The van der Waals surface area contributed by atoms with Crippen molar-refractivity contribution >= 4 is 27.5 Å². The molecule has 106 valence electrons. The first-order valence-corrected chi connectivity index (χ1v) is 7.58. The van der Waals surface area contributed by atoms with Crippen LogP contribution in [0.4, 0.5) is 0 Å². The summed E-state index contributed by atoms with van der Waals surface area (Å²) in [5.74, 6) is -0.400. The van der Waals surface area contributed by atoms with Crippen LogP contribution in [-0.4, -0.2) is 22.6 Å². The molecular formula is C14H16N2O3S. The number of aromatic nitrogens is 2. The zero-order valence-corrected chi connectivity index (χ0v) is 12.3. The monoisotopic (exact) mass is 292 g/mol. The third-order valence-electron chi connectivity index (χ3n) is 3.85. The highest BCUT2D eigenvalue weighted by Gasteiger charge is 2.25. The molecule has 2 aromatic heterocycles. The number of esters is 1. The summed E-state index contributed by atoms with van der Waals surface area (Å²) in [5, 5.41) is 0.701. The van der Waals surface area contributed by atoms with Gasteiger partial charge in [-0.2, -0.15) is 0 Å². The highest BCUT2D eigenvalue weighted by atomic mass is 32.1. The van der Waals surface area contributed by atoms with E-state index in [1.807, 2.05) is 6.92 Å². The molecule has 3 rings (SSSR count). The van der Waals surface area contributed by atoms with Crippen LogP contribution >= 0.6 is 11.3 Å². The van der Waals surface area contributed by atoms with E-state index in [0.29, 0.717) is 11.8 Å². The van der Waals surface area contributed by atoms with Crippen LogP contribution in [0.5, 0.6) is 0 Å². The zero-order chi connectivity index (χ0) is 14.3. The summed E-state index contributed by atoms with van der Waals surface area (Å²) in [6.07, 6.45) is 5.04. The number of nitrogens with zero attached hydrogens (tertiary/aromatic N) is 2.